The molecule has 2 N–H and O–H groups in total. The van der Waals surface area contributed by atoms with Gasteiger partial charge in [-0.15, -0.1) is 0 Å². The number of hydrogen-bond acceptors (Lipinski definition) is 6. The predicted molar refractivity (Wildman–Crippen MR) is 112 cm³/mol. The van der Waals surface area contributed by atoms with Gasteiger partial charge in [-0.05, 0) is 68.9 Å². The second-order valence-corrected chi connectivity index (χ2v) is 10.8. The van der Waals surface area contributed by atoms with E-state index < -0.39 is 9.73 Å². The topological polar surface area (TPSA) is 109 Å². The molecule has 0 bridgehead atoms. The molecule has 2 aliphatic carbocycles. The zero-order valence-corrected chi connectivity index (χ0v) is 17.8. The summed E-state index contributed by atoms with van der Waals surface area (Å²) in [6, 6.07) is 8.46. The first kappa shape index (κ1) is 19.6. The average molecular weight is 448 g/mol. The van der Waals surface area contributed by atoms with Crippen molar-refractivity contribution >= 4 is 38.3 Å². The molecule has 2 heterocycles. The Morgan fingerprint density at radius 1 is 1.10 bits per heavy atom. The molecule has 0 spiro atoms. The molecule has 2 aromatic heterocycles. The van der Waals surface area contributed by atoms with Crippen molar-refractivity contribution in [3.63, 3.8) is 0 Å². The fourth-order valence-corrected chi connectivity index (χ4v) is 5.78. The second-order valence-electron chi connectivity index (χ2n) is 8.10. The third kappa shape index (κ3) is 3.74. The molecule has 2 fully saturated rings. The third-order valence-corrected chi connectivity index (χ3v) is 8.34. The zero-order chi connectivity index (χ0) is 20.9. The Labute approximate surface area is 179 Å². The van der Waals surface area contributed by atoms with E-state index in [-0.39, 0.29) is 34.0 Å². The van der Waals surface area contributed by atoms with Crippen LogP contribution in [0.3, 0.4) is 0 Å². The fraction of sp³-hybridized carbons (Fsp3) is 0.429. The molecule has 2 aliphatic rings. The summed E-state index contributed by atoms with van der Waals surface area (Å²) >= 11 is 6.02. The number of oxazole rings is 1. The van der Waals surface area contributed by atoms with E-state index in [2.05, 4.69) is 10.3 Å². The predicted octanol–water partition coefficient (Wildman–Crippen LogP) is 5.10. The van der Waals surface area contributed by atoms with Gasteiger partial charge in [0.1, 0.15) is 15.2 Å². The largest absolute Gasteiger partial charge is 0.441 e. The lowest BCUT2D eigenvalue weighted by atomic mass is 9.86. The highest BCUT2D eigenvalue weighted by molar-refractivity contribution is 7.93. The molecule has 3 aromatic rings. The van der Waals surface area contributed by atoms with Gasteiger partial charge in [-0.25, -0.2) is 14.0 Å². The Kier molecular flexibility index (Phi) is 4.86. The van der Waals surface area contributed by atoms with Crippen molar-refractivity contribution in [2.75, 3.05) is 0 Å². The molecule has 7 nitrogen and oxygen atoms in total. The lowest BCUT2D eigenvalue weighted by Gasteiger charge is -2.27. The van der Waals surface area contributed by atoms with E-state index in [0.717, 1.165) is 55.5 Å². The standard InChI is InChI=1S/C21H22ClN3O4S/c22-13-3-8-17-16(11-13)25-21(29-17)12-1-4-14(5-2-12)24-20(26)18-9-10-19(28-18)30(23,27)15-6-7-15/h3,8-12,14-15,23H,1-2,4-7H2,(H,24,26)/t12-,14+,30-/m0/s1. The Bertz CT molecular complexity index is 1200. The molecule has 5 rings (SSSR count). The van der Waals surface area contributed by atoms with Gasteiger partial charge in [0.05, 0.1) is 5.25 Å². The van der Waals surface area contributed by atoms with Crippen molar-refractivity contribution in [1.82, 2.24) is 10.3 Å². The molecule has 1 amide bonds. The van der Waals surface area contributed by atoms with Crippen LogP contribution in [0.1, 0.15) is 60.9 Å². The van der Waals surface area contributed by atoms with Crippen LogP contribution in [0.15, 0.2) is 44.3 Å². The zero-order valence-electron chi connectivity index (χ0n) is 16.2. The van der Waals surface area contributed by atoms with E-state index in [4.69, 9.17) is 25.2 Å². The number of carbonyl (C=O) groups excluding carboxylic acids is 1. The van der Waals surface area contributed by atoms with Gasteiger partial charge in [0, 0.05) is 17.0 Å². The maximum Gasteiger partial charge on any atom is 0.287 e. The molecule has 0 unspecified atom stereocenters. The fourth-order valence-electron chi connectivity index (χ4n) is 4.00. The molecule has 1 atom stereocenters. The van der Waals surface area contributed by atoms with Gasteiger partial charge in [0.2, 0.25) is 0 Å². The summed E-state index contributed by atoms with van der Waals surface area (Å²) in [5, 5.41) is 3.59. The number of nitrogens with one attached hydrogen (secondary N) is 2. The Morgan fingerprint density at radius 2 is 1.87 bits per heavy atom. The van der Waals surface area contributed by atoms with Crippen molar-refractivity contribution in [2.45, 2.75) is 60.8 Å². The summed E-state index contributed by atoms with van der Waals surface area (Å²) in [7, 11) is -2.94. The van der Waals surface area contributed by atoms with Crippen molar-refractivity contribution in [3.8, 4) is 0 Å². The molecular formula is C21H22ClN3O4S. The van der Waals surface area contributed by atoms with Crippen LogP contribution >= 0.6 is 11.6 Å². The molecule has 0 aliphatic heterocycles. The van der Waals surface area contributed by atoms with E-state index in [1.807, 2.05) is 6.07 Å². The summed E-state index contributed by atoms with van der Waals surface area (Å²) < 4.78 is 31.8. The first-order valence-electron chi connectivity index (χ1n) is 10.1. The molecule has 0 saturated heterocycles. The van der Waals surface area contributed by atoms with E-state index >= 15 is 0 Å². The number of benzene rings is 1. The minimum atomic E-state index is -2.94. The van der Waals surface area contributed by atoms with Crippen LogP contribution in [0.2, 0.25) is 5.02 Å². The van der Waals surface area contributed by atoms with Crippen molar-refractivity contribution in [2.24, 2.45) is 0 Å². The van der Waals surface area contributed by atoms with E-state index in [9.17, 15) is 9.00 Å². The van der Waals surface area contributed by atoms with Gasteiger partial charge in [0.25, 0.3) is 5.91 Å². The first-order valence-corrected chi connectivity index (χ1v) is 12.1. The van der Waals surface area contributed by atoms with E-state index in [1.54, 1.807) is 12.1 Å². The molecule has 9 heteroatoms. The smallest absolute Gasteiger partial charge is 0.287 e. The molecular weight excluding hydrogens is 426 g/mol. The Morgan fingerprint density at radius 3 is 2.60 bits per heavy atom. The van der Waals surface area contributed by atoms with E-state index in [1.165, 1.54) is 12.1 Å². The minimum Gasteiger partial charge on any atom is -0.441 e. The van der Waals surface area contributed by atoms with Gasteiger partial charge in [-0.1, -0.05) is 11.6 Å². The molecule has 1 aromatic carbocycles. The van der Waals surface area contributed by atoms with Crippen LogP contribution in [0, 0.1) is 4.78 Å². The first-order chi connectivity index (χ1) is 14.4. The quantitative estimate of drug-likeness (QED) is 0.565. The number of carbonyl (C=O) groups is 1. The number of furan rings is 1. The minimum absolute atomic E-state index is 0.0323. The number of nitrogens with zero attached hydrogens (tertiary/aromatic N) is 1. The number of fused-ring (bicyclic) bond motifs is 1. The van der Waals surface area contributed by atoms with Crippen molar-refractivity contribution in [1.29, 1.82) is 4.78 Å². The van der Waals surface area contributed by atoms with Crippen LogP contribution in [0.25, 0.3) is 11.1 Å². The van der Waals surface area contributed by atoms with Crippen molar-refractivity contribution in [3.05, 3.63) is 47.0 Å². The lowest BCUT2D eigenvalue weighted by Crippen LogP contribution is -2.37. The van der Waals surface area contributed by atoms with Crippen LogP contribution in [0.5, 0.6) is 0 Å². The summed E-state index contributed by atoms with van der Waals surface area (Å²) in [5.74, 6) is 0.722. The van der Waals surface area contributed by atoms with Gasteiger partial charge in [-0.2, -0.15) is 0 Å². The molecule has 158 valence electrons. The maximum atomic E-state index is 12.5. The normalized spacial score (nSPS) is 23.9. The van der Waals surface area contributed by atoms with Crippen LogP contribution in [-0.2, 0) is 9.73 Å². The van der Waals surface area contributed by atoms with Crippen LogP contribution in [-0.4, -0.2) is 26.4 Å². The van der Waals surface area contributed by atoms with Gasteiger partial charge in [0.15, 0.2) is 22.3 Å². The third-order valence-electron chi connectivity index (χ3n) is 5.88. The molecule has 0 radical (unpaired) electrons. The van der Waals surface area contributed by atoms with Crippen molar-refractivity contribution < 1.29 is 17.8 Å². The number of aromatic nitrogens is 1. The average Bonchev–Trinajstić information content (AvgIpc) is 3.32. The summed E-state index contributed by atoms with van der Waals surface area (Å²) in [6.07, 6.45) is 4.89. The van der Waals surface area contributed by atoms with Gasteiger partial charge < -0.3 is 14.2 Å². The SMILES string of the molecule is N=[S@@](=O)(c1ccc(C(=O)N[C@H]2CC[C@@H](c3nc4cc(Cl)ccc4o3)CC2)o1)C1CC1. The van der Waals surface area contributed by atoms with Gasteiger partial charge in [-0.3, -0.25) is 4.79 Å². The highest BCUT2D eigenvalue weighted by Gasteiger charge is 2.36. The summed E-state index contributed by atoms with van der Waals surface area (Å²) in [4.78, 5) is 17.1. The number of halogens is 1. The molecule has 30 heavy (non-hydrogen) atoms. The maximum absolute atomic E-state index is 12.5. The highest BCUT2D eigenvalue weighted by Crippen LogP contribution is 2.36. The Hall–Kier alpha value is -2.32. The summed E-state index contributed by atoms with van der Waals surface area (Å²) in [5.41, 5.74) is 1.49. The number of hydrogen-bond donors (Lipinski definition) is 2. The molecule has 2 saturated carbocycles. The second kappa shape index (κ2) is 7.42. The van der Waals surface area contributed by atoms with E-state index in [0.29, 0.717) is 5.02 Å². The Balaban J connectivity index is 1.20. The lowest BCUT2D eigenvalue weighted by molar-refractivity contribution is 0.0891. The number of amides is 1. The van der Waals surface area contributed by atoms with Crippen LogP contribution in [0.4, 0.5) is 0 Å². The monoisotopic (exact) mass is 447 g/mol. The highest BCUT2D eigenvalue weighted by atomic mass is 35.5. The number of rotatable bonds is 5. The van der Waals surface area contributed by atoms with Gasteiger partial charge >= 0.3 is 0 Å². The summed E-state index contributed by atoms with van der Waals surface area (Å²) in [6.45, 7) is 0. The van der Waals surface area contributed by atoms with Crippen LogP contribution < -0.4 is 5.32 Å².